The van der Waals surface area contributed by atoms with E-state index in [2.05, 4.69) is 5.32 Å². The van der Waals surface area contributed by atoms with Crippen molar-refractivity contribution < 1.29 is 23.1 Å². The van der Waals surface area contributed by atoms with Crippen LogP contribution in [-0.2, 0) is 13.2 Å². The van der Waals surface area contributed by atoms with Gasteiger partial charge in [-0.05, 0) is 55.5 Å². The topological polar surface area (TPSA) is 73.8 Å². The van der Waals surface area contributed by atoms with E-state index in [9.17, 15) is 4.79 Å². The highest BCUT2D eigenvalue weighted by Crippen LogP contribution is 2.19. The average Bonchev–Trinajstić information content (AvgIpc) is 3.31. The molecule has 3 aromatic rings. The van der Waals surface area contributed by atoms with Crippen LogP contribution in [-0.4, -0.2) is 12.5 Å². The quantitative estimate of drug-likeness (QED) is 0.675. The van der Waals surface area contributed by atoms with Crippen LogP contribution in [0, 0.1) is 0 Å². The molecular weight excluding hydrogens is 322 g/mol. The molecule has 0 saturated heterocycles. The summed E-state index contributed by atoms with van der Waals surface area (Å²) in [7, 11) is 0. The van der Waals surface area contributed by atoms with E-state index in [1.165, 1.54) is 0 Å². The summed E-state index contributed by atoms with van der Waals surface area (Å²) >= 11 is 0. The Morgan fingerprint density at radius 3 is 2.44 bits per heavy atom. The lowest BCUT2D eigenvalue weighted by Gasteiger charge is -2.06. The molecule has 0 bridgehead atoms. The molecule has 0 aliphatic rings. The Hall–Kier alpha value is -3.15. The highest BCUT2D eigenvalue weighted by atomic mass is 16.5. The first kappa shape index (κ1) is 16.7. The number of carbonyl (C=O) groups excluding carboxylic acids is 1. The van der Waals surface area contributed by atoms with E-state index >= 15 is 0 Å². The van der Waals surface area contributed by atoms with Gasteiger partial charge in [-0.3, -0.25) is 4.79 Å². The summed E-state index contributed by atoms with van der Waals surface area (Å²) in [6.45, 7) is 3.10. The first-order valence-electron chi connectivity index (χ1n) is 7.99. The highest BCUT2D eigenvalue weighted by molar-refractivity contribution is 5.91. The van der Waals surface area contributed by atoms with Crippen LogP contribution in [0.1, 0.15) is 29.0 Å². The monoisotopic (exact) mass is 341 g/mol. The molecule has 0 aliphatic carbocycles. The first-order chi connectivity index (χ1) is 12.2. The number of benzene rings is 1. The van der Waals surface area contributed by atoms with E-state index in [-0.39, 0.29) is 18.3 Å². The SMILES string of the molecule is CCOc1ccc(OCc2ccc(C(=O)NCc3ccco3)o2)cc1. The highest BCUT2D eigenvalue weighted by Gasteiger charge is 2.12. The Bertz CT molecular complexity index is 790. The molecule has 2 aromatic heterocycles. The maximum absolute atomic E-state index is 12.0. The second-order valence-electron chi connectivity index (χ2n) is 5.22. The van der Waals surface area contributed by atoms with Crippen LogP contribution in [0.4, 0.5) is 0 Å². The smallest absolute Gasteiger partial charge is 0.287 e. The van der Waals surface area contributed by atoms with Crippen molar-refractivity contribution in [1.82, 2.24) is 5.32 Å². The fraction of sp³-hybridized carbons (Fsp3) is 0.211. The van der Waals surface area contributed by atoms with Gasteiger partial charge < -0.3 is 23.6 Å². The zero-order valence-electron chi connectivity index (χ0n) is 13.9. The van der Waals surface area contributed by atoms with Gasteiger partial charge in [-0.25, -0.2) is 0 Å². The summed E-state index contributed by atoms with van der Waals surface area (Å²) < 4.78 is 21.7. The number of amides is 1. The van der Waals surface area contributed by atoms with Gasteiger partial charge in [0.1, 0.15) is 29.6 Å². The minimum Gasteiger partial charge on any atom is -0.494 e. The standard InChI is InChI=1S/C19H19NO5/c1-2-22-14-5-7-15(8-6-14)24-13-17-9-10-18(25-17)19(21)20-12-16-4-3-11-23-16/h3-11H,2,12-13H2,1H3,(H,20,21). The third-order valence-corrected chi connectivity index (χ3v) is 3.40. The van der Waals surface area contributed by atoms with Crippen LogP contribution < -0.4 is 14.8 Å². The second-order valence-corrected chi connectivity index (χ2v) is 5.22. The maximum Gasteiger partial charge on any atom is 0.287 e. The minimum atomic E-state index is -0.302. The second kappa shape index (κ2) is 8.10. The normalized spacial score (nSPS) is 10.4. The van der Waals surface area contributed by atoms with Crippen molar-refractivity contribution in [3.8, 4) is 11.5 Å². The Morgan fingerprint density at radius 2 is 1.76 bits per heavy atom. The van der Waals surface area contributed by atoms with Crippen molar-refractivity contribution in [1.29, 1.82) is 0 Å². The van der Waals surface area contributed by atoms with Crippen molar-refractivity contribution in [3.05, 3.63) is 72.1 Å². The number of hydrogen-bond acceptors (Lipinski definition) is 5. The molecule has 6 heteroatoms. The molecule has 130 valence electrons. The molecule has 6 nitrogen and oxygen atoms in total. The van der Waals surface area contributed by atoms with Gasteiger partial charge >= 0.3 is 0 Å². The summed E-state index contributed by atoms with van der Waals surface area (Å²) in [4.78, 5) is 12.0. The molecule has 3 rings (SSSR count). The molecule has 0 aliphatic heterocycles. The summed E-state index contributed by atoms with van der Waals surface area (Å²) in [6, 6.07) is 14.2. The Labute approximate surface area is 145 Å². The van der Waals surface area contributed by atoms with Crippen LogP contribution in [0.25, 0.3) is 0 Å². The van der Waals surface area contributed by atoms with E-state index in [1.807, 2.05) is 31.2 Å². The average molecular weight is 341 g/mol. The van der Waals surface area contributed by atoms with Gasteiger partial charge in [0.2, 0.25) is 0 Å². The number of hydrogen-bond donors (Lipinski definition) is 1. The van der Waals surface area contributed by atoms with Crippen molar-refractivity contribution in [2.75, 3.05) is 6.61 Å². The fourth-order valence-electron chi connectivity index (χ4n) is 2.20. The molecule has 2 heterocycles. The molecule has 25 heavy (non-hydrogen) atoms. The van der Waals surface area contributed by atoms with E-state index < -0.39 is 0 Å². The molecule has 0 unspecified atom stereocenters. The molecule has 0 atom stereocenters. The summed E-state index contributed by atoms with van der Waals surface area (Å²) in [6.07, 6.45) is 1.56. The van der Waals surface area contributed by atoms with Gasteiger partial charge in [0.15, 0.2) is 5.76 Å². The lowest BCUT2D eigenvalue weighted by molar-refractivity contribution is 0.0916. The van der Waals surface area contributed by atoms with Gasteiger partial charge in [-0.1, -0.05) is 0 Å². The summed E-state index contributed by atoms with van der Waals surface area (Å²) in [5.41, 5.74) is 0. The Balaban J connectivity index is 1.50. The van der Waals surface area contributed by atoms with Crippen molar-refractivity contribution >= 4 is 5.91 Å². The van der Waals surface area contributed by atoms with Gasteiger partial charge in [0.05, 0.1) is 19.4 Å². The third-order valence-electron chi connectivity index (χ3n) is 3.40. The van der Waals surface area contributed by atoms with Crippen LogP contribution in [0.3, 0.4) is 0 Å². The molecule has 0 radical (unpaired) electrons. The number of rotatable bonds is 8. The van der Waals surface area contributed by atoms with E-state index in [0.29, 0.717) is 30.4 Å². The zero-order valence-corrected chi connectivity index (χ0v) is 13.9. The Morgan fingerprint density at radius 1 is 1.00 bits per heavy atom. The van der Waals surface area contributed by atoms with Crippen LogP contribution in [0.15, 0.2) is 63.6 Å². The van der Waals surface area contributed by atoms with Gasteiger partial charge in [-0.2, -0.15) is 0 Å². The lowest BCUT2D eigenvalue weighted by atomic mass is 10.3. The number of furan rings is 2. The predicted octanol–water partition coefficient (Wildman–Crippen LogP) is 3.78. The van der Waals surface area contributed by atoms with Crippen LogP contribution in [0.2, 0.25) is 0 Å². The molecule has 1 amide bonds. The van der Waals surface area contributed by atoms with Crippen LogP contribution in [0.5, 0.6) is 11.5 Å². The number of ether oxygens (including phenoxy) is 2. The first-order valence-corrected chi connectivity index (χ1v) is 7.99. The van der Waals surface area contributed by atoms with E-state index in [4.69, 9.17) is 18.3 Å². The summed E-state index contributed by atoms with van der Waals surface area (Å²) in [5, 5.41) is 2.73. The molecular formula is C19H19NO5. The van der Waals surface area contributed by atoms with E-state index in [1.54, 1.807) is 30.5 Å². The Kier molecular flexibility index (Phi) is 5.41. The zero-order chi connectivity index (χ0) is 17.5. The number of carbonyl (C=O) groups is 1. The van der Waals surface area contributed by atoms with Crippen LogP contribution >= 0.6 is 0 Å². The third kappa shape index (κ3) is 4.67. The van der Waals surface area contributed by atoms with Crippen molar-refractivity contribution in [2.45, 2.75) is 20.1 Å². The van der Waals surface area contributed by atoms with Gasteiger partial charge in [0.25, 0.3) is 5.91 Å². The maximum atomic E-state index is 12.0. The molecule has 1 aromatic carbocycles. The van der Waals surface area contributed by atoms with Crippen molar-refractivity contribution in [2.24, 2.45) is 0 Å². The van der Waals surface area contributed by atoms with Crippen molar-refractivity contribution in [3.63, 3.8) is 0 Å². The largest absolute Gasteiger partial charge is 0.494 e. The van der Waals surface area contributed by atoms with Gasteiger partial charge in [-0.15, -0.1) is 0 Å². The molecule has 0 fully saturated rings. The van der Waals surface area contributed by atoms with Gasteiger partial charge in [0, 0.05) is 0 Å². The number of nitrogens with one attached hydrogen (secondary N) is 1. The molecule has 1 N–H and O–H groups in total. The van der Waals surface area contributed by atoms with E-state index in [0.717, 1.165) is 5.75 Å². The molecule has 0 spiro atoms. The predicted molar refractivity (Wildman–Crippen MR) is 90.5 cm³/mol. The fourth-order valence-corrected chi connectivity index (χ4v) is 2.20. The lowest BCUT2D eigenvalue weighted by Crippen LogP contribution is -2.21. The minimum absolute atomic E-state index is 0.233. The molecule has 0 saturated carbocycles. The summed E-state index contributed by atoms with van der Waals surface area (Å²) in [5.74, 6) is 2.67.